The Labute approximate surface area is 404 Å². The molecule has 0 saturated carbocycles. The van der Waals surface area contributed by atoms with Crippen LogP contribution in [-0.4, -0.2) is 125 Å². The molecule has 12 N–H and O–H groups in total. The first-order valence-electron chi connectivity index (χ1n) is 19.6. The van der Waals surface area contributed by atoms with Crippen molar-refractivity contribution in [1.82, 2.24) is 30.2 Å². The number of halogens is 2. The predicted molar refractivity (Wildman–Crippen MR) is 234 cm³/mol. The van der Waals surface area contributed by atoms with Crippen LogP contribution in [0.2, 0.25) is 10.0 Å². The number of nitrogens with two attached hydrogens (primary N) is 1. The van der Waals surface area contributed by atoms with Gasteiger partial charge in [-0.15, -0.1) is 0 Å². The molecule has 5 aromatic rings. The lowest BCUT2D eigenvalue weighted by molar-refractivity contribution is -0.0508. The second kappa shape index (κ2) is 18.8. The summed E-state index contributed by atoms with van der Waals surface area (Å²) in [6.07, 6.45) is -7.62. The van der Waals surface area contributed by atoms with Gasteiger partial charge >= 0.3 is 35.5 Å². The number of carbonyl (C=O) groups is 3. The van der Waals surface area contributed by atoms with E-state index in [4.69, 9.17) is 67.1 Å². The lowest BCUT2D eigenvalue weighted by Crippen LogP contribution is -2.42. The topological polar surface area (TPSA) is 441 Å². The summed E-state index contributed by atoms with van der Waals surface area (Å²) in [7, 11) is -15.0. The van der Waals surface area contributed by atoms with Crippen molar-refractivity contribution in [1.29, 1.82) is 0 Å². The highest BCUT2D eigenvalue weighted by Crippen LogP contribution is 2.67. The fourth-order valence-corrected chi connectivity index (χ4v) is 11.2. The first kappa shape index (κ1) is 51.3. The summed E-state index contributed by atoms with van der Waals surface area (Å²) >= 11 is 13.1. The fraction of sp³-hybridized carbons (Fsp3) is 0.278. The molecule has 8 rings (SSSR count). The van der Waals surface area contributed by atoms with Crippen molar-refractivity contribution in [2.45, 2.75) is 30.1 Å². The number of carbonyl (C=O) groups excluding carboxylic acids is 3. The number of phosphoric acid groups is 3. The van der Waals surface area contributed by atoms with Crippen LogP contribution in [0.1, 0.15) is 43.6 Å². The van der Waals surface area contributed by atoms with Crippen LogP contribution in [0, 0.1) is 0 Å². The van der Waals surface area contributed by atoms with Crippen molar-refractivity contribution in [3.8, 4) is 34.5 Å². The summed E-state index contributed by atoms with van der Waals surface area (Å²) in [5.41, 5.74) is 2.24. The highest BCUT2D eigenvalue weighted by Gasteiger charge is 2.56. The minimum atomic E-state index is -5.97. The summed E-state index contributed by atoms with van der Waals surface area (Å²) in [5.74, 6) is -3.97. The van der Waals surface area contributed by atoms with E-state index in [1.807, 2.05) is 0 Å². The van der Waals surface area contributed by atoms with Crippen molar-refractivity contribution in [2.24, 2.45) is 0 Å². The van der Waals surface area contributed by atoms with Gasteiger partial charge < -0.3 is 79.7 Å². The van der Waals surface area contributed by atoms with Crippen molar-refractivity contribution >= 4 is 81.8 Å². The van der Waals surface area contributed by atoms with Crippen molar-refractivity contribution in [3.05, 3.63) is 84.9 Å². The smallest absolute Gasteiger partial charge is 0.490 e. The number of nitrogens with zero attached hydrogens (tertiary/aromatic N) is 3. The third-order valence-electron chi connectivity index (χ3n) is 10.6. The third-order valence-corrected chi connectivity index (χ3v) is 15.1. The Kier molecular flexibility index (Phi) is 13.6. The molecule has 6 atom stereocenters. The van der Waals surface area contributed by atoms with E-state index in [1.165, 1.54) is 44.6 Å². The quantitative estimate of drug-likeness (QED) is 0.0406. The summed E-state index contributed by atoms with van der Waals surface area (Å²) in [4.78, 5) is 100. The number of H-pyrrole nitrogens is 1. The van der Waals surface area contributed by atoms with Gasteiger partial charge in [0.05, 0.1) is 43.8 Å². The maximum absolute atomic E-state index is 13.7. The SMILES string of the molecule is COc1cc2c(c(Cl)c1O)Oc1c(cc(OC)c(O)c1Cl)C21OC(=O)c2ccc(C(=O)NCCNC(=O)O[C@H]3[C@@H](O)[C@H](n4cnc5c(=O)[nH]c(N)nc54)O[C@@H]3COP(=O)(O)OP(=O)(O)OP(=O)(O)O)cc21. The number of imidazole rings is 1. The minimum Gasteiger partial charge on any atom is -0.503 e. The van der Waals surface area contributed by atoms with E-state index < -0.39 is 95.2 Å². The van der Waals surface area contributed by atoms with E-state index in [2.05, 4.69) is 38.7 Å². The van der Waals surface area contributed by atoms with Gasteiger partial charge in [-0.1, -0.05) is 23.2 Å². The molecule has 0 aliphatic carbocycles. The van der Waals surface area contributed by atoms with Gasteiger partial charge in [-0.05, 0) is 30.3 Å². The number of phenols is 2. The van der Waals surface area contributed by atoms with Gasteiger partial charge in [0.15, 0.2) is 63.6 Å². The largest absolute Gasteiger partial charge is 0.503 e. The molecule has 30 nitrogen and oxygen atoms in total. The molecule has 0 radical (unpaired) electrons. The summed E-state index contributed by atoms with van der Waals surface area (Å²) in [6, 6.07) is 6.47. The molecule has 71 heavy (non-hydrogen) atoms. The number of ether oxygens (including phenoxy) is 6. The Morgan fingerprint density at radius 2 is 1.54 bits per heavy atom. The van der Waals surface area contributed by atoms with Gasteiger partial charge in [0.1, 0.15) is 22.3 Å². The van der Waals surface area contributed by atoms with Crippen LogP contribution in [0.15, 0.2) is 41.5 Å². The molecule has 2 unspecified atom stereocenters. The zero-order valence-corrected chi connectivity index (χ0v) is 39.8. The number of aromatic amines is 1. The molecule has 35 heteroatoms. The average molecular weight is 1100 g/mol. The van der Waals surface area contributed by atoms with Gasteiger partial charge in [0, 0.05) is 24.2 Å². The van der Waals surface area contributed by atoms with Gasteiger partial charge in [-0.25, -0.2) is 28.3 Å². The van der Waals surface area contributed by atoms with Gasteiger partial charge in [0.25, 0.3) is 11.5 Å². The predicted octanol–water partition coefficient (Wildman–Crippen LogP) is 2.13. The number of phosphoric ester groups is 1. The van der Waals surface area contributed by atoms with Crippen LogP contribution in [0.25, 0.3) is 11.2 Å². The summed E-state index contributed by atoms with van der Waals surface area (Å²) < 4.78 is 82.4. The van der Waals surface area contributed by atoms with Gasteiger partial charge in [-0.3, -0.25) is 23.7 Å². The number of hydrogen-bond donors (Lipinski definition) is 11. The van der Waals surface area contributed by atoms with E-state index in [1.54, 1.807) is 0 Å². The van der Waals surface area contributed by atoms with E-state index >= 15 is 0 Å². The van der Waals surface area contributed by atoms with Crippen LogP contribution in [-0.2, 0) is 46.7 Å². The number of phenolic OH excluding ortho intramolecular Hbond substituents is 2. The van der Waals surface area contributed by atoms with Crippen molar-refractivity contribution in [3.63, 3.8) is 0 Å². The van der Waals surface area contributed by atoms with Crippen LogP contribution in [0.4, 0.5) is 10.7 Å². The Hall–Kier alpha value is -6.07. The Balaban J connectivity index is 0.999. The van der Waals surface area contributed by atoms with E-state index in [0.29, 0.717) is 0 Å². The second-order valence-corrected chi connectivity index (χ2v) is 20.1. The summed E-state index contributed by atoms with van der Waals surface area (Å²) in [6.45, 7) is -1.93. The first-order valence-corrected chi connectivity index (χ1v) is 24.9. The molecule has 2 aromatic heterocycles. The van der Waals surface area contributed by atoms with Crippen LogP contribution in [0.5, 0.6) is 34.5 Å². The zero-order chi connectivity index (χ0) is 51.7. The first-order chi connectivity index (χ1) is 33.3. The second-order valence-electron chi connectivity index (χ2n) is 14.9. The monoisotopic (exact) mass is 1100 g/mol. The number of alkyl carbamates (subject to hydrolysis) is 1. The molecule has 1 saturated heterocycles. The number of aromatic hydroxyl groups is 2. The van der Waals surface area contributed by atoms with E-state index in [9.17, 15) is 58.0 Å². The Bertz CT molecular complexity index is 3200. The normalized spacial score (nSPS) is 20.4. The van der Waals surface area contributed by atoms with Crippen LogP contribution < -0.4 is 36.1 Å². The third kappa shape index (κ3) is 9.59. The maximum atomic E-state index is 13.7. The number of esters is 1. The number of fused-ring (bicyclic) bond motifs is 7. The highest BCUT2D eigenvalue weighted by molar-refractivity contribution is 7.66. The zero-order valence-electron chi connectivity index (χ0n) is 35.6. The number of benzene rings is 3. The molecule has 5 heterocycles. The summed E-state index contributed by atoms with van der Waals surface area (Å²) in [5, 5.41) is 37.0. The standard InChI is InChI=1S/C36H34Cl2N7O23P3/c1-60-17-8-15-26(20(37)23(17)46)64-27-16(9-18(61-2)24(47)21(27)38)36(15)14-7-12(3-4-13(14)33(51)66-36)30(49)40-5-6-41-35(52)65-28-19(10-62-70(56,57)68-71(58,59)67-69(53,54)55)63-32(25(28)48)45-11-42-22-29(45)43-34(39)44-31(22)50/h3-4,7-9,11,19,25,28,32,46-48H,5-6,10H2,1-2H3,(H,40,49)(H,41,52)(H,56,57)(H,58,59)(H2,53,54,55)(H3,39,43,44,50)/t19-,25-,28-,32-/m1/s1. The number of amides is 2. The number of nitrogen functional groups attached to an aromatic ring is 1. The lowest BCUT2D eigenvalue weighted by atomic mass is 9.77. The number of hydrogen-bond acceptors (Lipinski definition) is 22. The van der Waals surface area contributed by atoms with E-state index in [-0.39, 0.29) is 91.1 Å². The Morgan fingerprint density at radius 1 is 0.915 bits per heavy atom. The molecule has 3 aliphatic rings. The van der Waals surface area contributed by atoms with Crippen LogP contribution in [0.3, 0.4) is 0 Å². The van der Waals surface area contributed by atoms with Gasteiger partial charge in [0.2, 0.25) is 5.95 Å². The molecule has 3 aliphatic heterocycles. The highest BCUT2D eigenvalue weighted by atomic mass is 35.5. The number of anilines is 1. The number of nitrogens with one attached hydrogen (secondary N) is 3. The average Bonchev–Trinajstić information content (AvgIpc) is 3.94. The maximum Gasteiger partial charge on any atom is 0.490 e. The molecule has 0 bridgehead atoms. The lowest BCUT2D eigenvalue weighted by Gasteiger charge is -2.37. The molecule has 3 aromatic carbocycles. The minimum absolute atomic E-state index is 0.0104. The molecule has 380 valence electrons. The van der Waals surface area contributed by atoms with Gasteiger partial charge in [-0.2, -0.15) is 13.6 Å². The molecular weight excluding hydrogens is 1060 g/mol. The number of rotatable bonds is 15. The van der Waals surface area contributed by atoms with Crippen LogP contribution >= 0.6 is 46.7 Å². The number of methoxy groups -OCH3 is 2. The fourth-order valence-electron chi connectivity index (χ4n) is 7.72. The number of aliphatic hydroxyl groups is 1. The molecule has 2 amide bonds. The molecular formula is C36H34Cl2N7O23P3. The Morgan fingerprint density at radius 3 is 2.14 bits per heavy atom. The van der Waals surface area contributed by atoms with Crippen molar-refractivity contribution < 1.29 is 105 Å². The number of aliphatic hydroxyl groups excluding tert-OH is 1. The molecule has 1 spiro atoms. The number of aromatic nitrogens is 4. The molecule has 1 fully saturated rings. The van der Waals surface area contributed by atoms with E-state index in [0.717, 1.165) is 10.9 Å². The van der Waals surface area contributed by atoms with Crippen molar-refractivity contribution in [2.75, 3.05) is 39.6 Å².